The van der Waals surface area contributed by atoms with Crippen molar-refractivity contribution in [3.63, 3.8) is 0 Å². The molecule has 0 N–H and O–H groups in total. The van der Waals surface area contributed by atoms with Crippen LogP contribution in [0.5, 0.6) is 0 Å². The Kier molecular flexibility index (Phi) is 52.8. The van der Waals surface area contributed by atoms with E-state index >= 15 is 0 Å². The third-order valence-electron chi connectivity index (χ3n) is 12.6. The van der Waals surface area contributed by atoms with E-state index in [1.54, 1.807) is 0 Å². The van der Waals surface area contributed by atoms with E-state index in [1.807, 2.05) is 0 Å². The van der Waals surface area contributed by atoms with Gasteiger partial charge in [-0.25, -0.2) is 0 Å². The summed E-state index contributed by atoms with van der Waals surface area (Å²) in [6.07, 6.45) is 66.8. The molecule has 6 nitrogen and oxygen atoms in total. The Bertz CT molecular complexity index is 1150. The van der Waals surface area contributed by atoms with Crippen molar-refractivity contribution < 1.29 is 28.6 Å². The minimum Gasteiger partial charge on any atom is -0.462 e. The second-order valence-electron chi connectivity index (χ2n) is 19.2. The van der Waals surface area contributed by atoms with Gasteiger partial charge in [-0.15, -0.1) is 0 Å². The first-order chi connectivity index (χ1) is 32.5. The highest BCUT2D eigenvalue weighted by Gasteiger charge is 2.19. The molecule has 0 aromatic heterocycles. The highest BCUT2D eigenvalue weighted by Crippen LogP contribution is 2.15. The largest absolute Gasteiger partial charge is 0.462 e. The van der Waals surface area contributed by atoms with Crippen LogP contribution in [0.3, 0.4) is 0 Å². The average Bonchev–Trinajstić information content (AvgIpc) is 3.31. The Balaban J connectivity index is 4.21. The minimum absolute atomic E-state index is 0.0752. The second-order valence-corrected chi connectivity index (χ2v) is 19.2. The van der Waals surface area contributed by atoms with E-state index in [0.29, 0.717) is 19.3 Å². The molecule has 0 spiro atoms. The van der Waals surface area contributed by atoms with E-state index in [4.69, 9.17) is 14.2 Å². The molecule has 1 atom stereocenters. The van der Waals surface area contributed by atoms with Crippen LogP contribution in [-0.2, 0) is 28.6 Å². The zero-order valence-electron chi connectivity index (χ0n) is 44.0. The maximum Gasteiger partial charge on any atom is 0.306 e. The molecule has 0 aromatic carbocycles. The minimum atomic E-state index is -0.775. The molecule has 0 aliphatic heterocycles. The Labute approximate surface area is 409 Å². The van der Waals surface area contributed by atoms with Gasteiger partial charge in [0.25, 0.3) is 0 Å². The molecule has 6 heteroatoms. The fourth-order valence-electron chi connectivity index (χ4n) is 8.21. The first kappa shape index (κ1) is 63.4. The Morgan fingerprint density at radius 1 is 0.303 bits per heavy atom. The van der Waals surface area contributed by atoms with E-state index < -0.39 is 6.10 Å². The lowest BCUT2D eigenvalue weighted by atomic mass is 10.1. The van der Waals surface area contributed by atoms with Crippen molar-refractivity contribution in [2.24, 2.45) is 0 Å². The summed E-state index contributed by atoms with van der Waals surface area (Å²) in [6, 6.07) is 0. The maximum atomic E-state index is 12.8. The van der Waals surface area contributed by atoms with E-state index in [1.165, 1.54) is 180 Å². The lowest BCUT2D eigenvalue weighted by Gasteiger charge is -2.18. The van der Waals surface area contributed by atoms with E-state index in [0.717, 1.165) is 77.0 Å². The summed E-state index contributed by atoms with van der Waals surface area (Å²) in [5, 5.41) is 0. The van der Waals surface area contributed by atoms with E-state index in [2.05, 4.69) is 69.4 Å². The number of carbonyl (C=O) groups is 3. The van der Waals surface area contributed by atoms with Crippen LogP contribution in [0.1, 0.15) is 297 Å². The van der Waals surface area contributed by atoms with Crippen LogP contribution >= 0.6 is 0 Å². The summed E-state index contributed by atoms with van der Waals surface area (Å²) < 4.78 is 16.8. The standard InChI is InChI=1S/C60H108O6/c1-4-7-10-13-16-19-21-23-25-26-27-28-29-30-31-32-33-34-35-37-38-41-44-47-50-53-59(62)65-56-57(55-64-58(61)52-49-46-43-40-18-15-12-9-6-3)66-60(63)54-51-48-45-42-39-36-24-22-20-17-14-11-8-5-2/h21-24,26-27,29-30,57H,4-20,25,28,31-56H2,1-3H3/b23-21-,24-22-,27-26-,30-29-. The number of hydrogen-bond donors (Lipinski definition) is 0. The van der Waals surface area contributed by atoms with Gasteiger partial charge in [-0.1, -0.05) is 243 Å². The van der Waals surface area contributed by atoms with Crippen LogP contribution in [0, 0.1) is 0 Å². The van der Waals surface area contributed by atoms with Gasteiger partial charge in [0.2, 0.25) is 0 Å². The van der Waals surface area contributed by atoms with Crippen LogP contribution in [-0.4, -0.2) is 37.2 Å². The summed E-state index contributed by atoms with van der Waals surface area (Å²) in [4.78, 5) is 38.0. The van der Waals surface area contributed by atoms with Crippen molar-refractivity contribution in [3.05, 3.63) is 48.6 Å². The fourth-order valence-corrected chi connectivity index (χ4v) is 8.21. The summed E-state index contributed by atoms with van der Waals surface area (Å²) in [5.41, 5.74) is 0. The lowest BCUT2D eigenvalue weighted by Crippen LogP contribution is -2.30. The predicted octanol–water partition coefficient (Wildman–Crippen LogP) is 19.0. The topological polar surface area (TPSA) is 78.9 Å². The van der Waals surface area contributed by atoms with Crippen molar-refractivity contribution in [1.29, 1.82) is 0 Å². The molecule has 0 amide bonds. The van der Waals surface area contributed by atoms with Gasteiger partial charge in [0, 0.05) is 19.3 Å². The molecule has 0 saturated heterocycles. The molecule has 384 valence electrons. The summed E-state index contributed by atoms with van der Waals surface area (Å²) >= 11 is 0. The monoisotopic (exact) mass is 925 g/mol. The van der Waals surface area contributed by atoms with Crippen molar-refractivity contribution >= 4 is 17.9 Å². The van der Waals surface area contributed by atoms with Gasteiger partial charge in [-0.05, 0) is 83.5 Å². The predicted molar refractivity (Wildman–Crippen MR) is 284 cm³/mol. The molecule has 66 heavy (non-hydrogen) atoms. The number of esters is 3. The molecule has 0 saturated carbocycles. The van der Waals surface area contributed by atoms with Gasteiger partial charge in [0.1, 0.15) is 13.2 Å². The molecular weight excluding hydrogens is 817 g/mol. The quantitative estimate of drug-likeness (QED) is 0.0262. The molecule has 0 aromatic rings. The first-order valence-corrected chi connectivity index (χ1v) is 28.6. The van der Waals surface area contributed by atoms with Gasteiger partial charge in [-0.3, -0.25) is 14.4 Å². The average molecular weight is 926 g/mol. The molecule has 0 rings (SSSR count). The van der Waals surface area contributed by atoms with E-state index in [9.17, 15) is 14.4 Å². The van der Waals surface area contributed by atoms with Crippen LogP contribution in [0.4, 0.5) is 0 Å². The van der Waals surface area contributed by atoms with Crippen LogP contribution < -0.4 is 0 Å². The number of ether oxygens (including phenoxy) is 3. The number of hydrogen-bond acceptors (Lipinski definition) is 6. The van der Waals surface area contributed by atoms with Crippen LogP contribution in [0.25, 0.3) is 0 Å². The Morgan fingerprint density at radius 2 is 0.545 bits per heavy atom. The normalized spacial score (nSPS) is 12.3. The van der Waals surface area contributed by atoms with Gasteiger partial charge >= 0.3 is 17.9 Å². The first-order valence-electron chi connectivity index (χ1n) is 28.6. The highest BCUT2D eigenvalue weighted by atomic mass is 16.6. The maximum absolute atomic E-state index is 12.8. The summed E-state index contributed by atoms with van der Waals surface area (Å²) in [6.45, 7) is 6.61. The zero-order chi connectivity index (χ0) is 47.9. The number of allylic oxidation sites excluding steroid dienone is 8. The van der Waals surface area contributed by atoms with Gasteiger partial charge in [-0.2, -0.15) is 0 Å². The van der Waals surface area contributed by atoms with Crippen LogP contribution in [0.15, 0.2) is 48.6 Å². The SMILES string of the molecule is CCCCCCC/C=C\C/C=C\C/C=C\CCCCCCCCCCCCC(=O)OCC(COC(=O)CCCCCCCCCCC)OC(=O)CCCCCCC/C=C\CCCCCCC. The van der Waals surface area contributed by atoms with Crippen molar-refractivity contribution in [3.8, 4) is 0 Å². The molecule has 0 bridgehead atoms. The third-order valence-corrected chi connectivity index (χ3v) is 12.6. The van der Waals surface area contributed by atoms with Crippen LogP contribution in [0.2, 0.25) is 0 Å². The lowest BCUT2D eigenvalue weighted by molar-refractivity contribution is -0.167. The zero-order valence-corrected chi connectivity index (χ0v) is 44.0. The molecule has 0 heterocycles. The third kappa shape index (κ3) is 52.3. The van der Waals surface area contributed by atoms with Crippen molar-refractivity contribution in [2.75, 3.05) is 13.2 Å². The number of rotatable bonds is 52. The van der Waals surface area contributed by atoms with Crippen molar-refractivity contribution in [2.45, 2.75) is 303 Å². The summed E-state index contributed by atoms with van der Waals surface area (Å²) in [7, 11) is 0. The van der Waals surface area contributed by atoms with Gasteiger partial charge in [0.15, 0.2) is 6.10 Å². The second kappa shape index (κ2) is 55.0. The molecule has 0 radical (unpaired) electrons. The smallest absolute Gasteiger partial charge is 0.306 e. The highest BCUT2D eigenvalue weighted by molar-refractivity contribution is 5.71. The van der Waals surface area contributed by atoms with Gasteiger partial charge < -0.3 is 14.2 Å². The molecule has 0 aliphatic rings. The Hall–Kier alpha value is -2.63. The number of carbonyl (C=O) groups excluding carboxylic acids is 3. The fraction of sp³-hybridized carbons (Fsp3) is 0.817. The molecule has 0 fully saturated rings. The summed E-state index contributed by atoms with van der Waals surface area (Å²) in [5.74, 6) is -0.880. The Morgan fingerprint density at radius 3 is 0.864 bits per heavy atom. The molecular formula is C60H108O6. The van der Waals surface area contributed by atoms with E-state index in [-0.39, 0.29) is 31.1 Å². The van der Waals surface area contributed by atoms with Crippen molar-refractivity contribution in [1.82, 2.24) is 0 Å². The molecule has 0 aliphatic carbocycles. The molecule has 1 unspecified atom stereocenters. The number of unbranched alkanes of at least 4 members (excludes halogenated alkanes) is 33. The van der Waals surface area contributed by atoms with Gasteiger partial charge in [0.05, 0.1) is 0 Å².